The first-order valence-corrected chi connectivity index (χ1v) is 7.57. The van der Waals surface area contributed by atoms with E-state index in [1.165, 1.54) is 28.8 Å². The van der Waals surface area contributed by atoms with Gasteiger partial charge in [0.15, 0.2) is 0 Å². The maximum Gasteiger partial charge on any atom is 0.0478 e. The first-order chi connectivity index (χ1) is 9.63. The van der Waals surface area contributed by atoms with Gasteiger partial charge < -0.3 is 9.88 Å². The highest BCUT2D eigenvalue weighted by Gasteiger charge is 2.11. The van der Waals surface area contributed by atoms with E-state index in [1.807, 2.05) is 0 Å². The summed E-state index contributed by atoms with van der Waals surface area (Å²) in [6.07, 6.45) is 3.35. The average molecular weight is 270 g/mol. The van der Waals surface area contributed by atoms with Crippen LogP contribution in [0.1, 0.15) is 48.7 Å². The van der Waals surface area contributed by atoms with Crippen LogP contribution in [0, 0.1) is 13.8 Å². The van der Waals surface area contributed by atoms with Crippen molar-refractivity contribution < 1.29 is 0 Å². The van der Waals surface area contributed by atoms with Crippen LogP contribution in [0.15, 0.2) is 36.5 Å². The number of rotatable bonds is 6. The van der Waals surface area contributed by atoms with Crippen molar-refractivity contribution in [3.05, 3.63) is 58.9 Å². The summed E-state index contributed by atoms with van der Waals surface area (Å²) >= 11 is 0. The Labute approximate surface area is 122 Å². The van der Waals surface area contributed by atoms with Gasteiger partial charge in [0, 0.05) is 24.5 Å². The van der Waals surface area contributed by atoms with Crippen LogP contribution in [-0.2, 0) is 6.54 Å². The summed E-state index contributed by atoms with van der Waals surface area (Å²) < 4.78 is 2.36. The van der Waals surface area contributed by atoms with Crippen molar-refractivity contribution in [2.45, 2.75) is 46.7 Å². The summed E-state index contributed by atoms with van der Waals surface area (Å²) in [5, 5.41) is 3.57. The maximum absolute atomic E-state index is 3.57. The van der Waals surface area contributed by atoms with E-state index in [0.29, 0.717) is 6.04 Å². The fourth-order valence-corrected chi connectivity index (χ4v) is 2.70. The van der Waals surface area contributed by atoms with E-state index >= 15 is 0 Å². The average Bonchev–Trinajstić information content (AvgIpc) is 2.88. The van der Waals surface area contributed by atoms with Crippen LogP contribution in [0.4, 0.5) is 0 Å². The number of nitrogens with zero attached hydrogens (tertiary/aromatic N) is 1. The molecule has 20 heavy (non-hydrogen) atoms. The summed E-state index contributed by atoms with van der Waals surface area (Å²) in [6, 6.07) is 11.3. The molecule has 1 N–H and O–H groups in total. The Balaban J connectivity index is 2.20. The van der Waals surface area contributed by atoms with Crippen molar-refractivity contribution in [2.75, 3.05) is 6.54 Å². The van der Waals surface area contributed by atoms with E-state index in [0.717, 1.165) is 13.1 Å². The molecule has 2 nitrogen and oxygen atoms in total. The first kappa shape index (κ1) is 14.9. The van der Waals surface area contributed by atoms with Crippen LogP contribution in [0.3, 0.4) is 0 Å². The molecule has 0 saturated heterocycles. The lowest BCUT2D eigenvalue weighted by molar-refractivity contribution is 0.534. The topological polar surface area (TPSA) is 17.0 Å². The van der Waals surface area contributed by atoms with Crippen molar-refractivity contribution in [1.82, 2.24) is 9.88 Å². The quantitative estimate of drug-likeness (QED) is 0.832. The zero-order valence-corrected chi connectivity index (χ0v) is 13.1. The van der Waals surface area contributed by atoms with Crippen LogP contribution in [-0.4, -0.2) is 11.1 Å². The van der Waals surface area contributed by atoms with E-state index in [1.54, 1.807) is 0 Å². The van der Waals surface area contributed by atoms with E-state index in [2.05, 4.69) is 74.1 Å². The number of hydrogen-bond acceptors (Lipinski definition) is 1. The minimum atomic E-state index is 0.397. The van der Waals surface area contributed by atoms with Crippen LogP contribution >= 0.6 is 0 Å². The molecule has 2 heteroatoms. The highest BCUT2D eigenvalue weighted by atomic mass is 15.0. The highest BCUT2D eigenvalue weighted by Crippen LogP contribution is 2.19. The number of aromatic nitrogens is 1. The Hall–Kier alpha value is -1.54. The Bertz CT molecular complexity index is 534. The lowest BCUT2D eigenvalue weighted by Gasteiger charge is -2.18. The van der Waals surface area contributed by atoms with E-state index in [9.17, 15) is 0 Å². The monoisotopic (exact) mass is 270 g/mol. The molecule has 108 valence electrons. The number of aryl methyl sites for hydroxylation is 2. The van der Waals surface area contributed by atoms with Gasteiger partial charge in [0.2, 0.25) is 0 Å². The lowest BCUT2D eigenvalue weighted by atomic mass is 10.0. The van der Waals surface area contributed by atoms with Crippen LogP contribution in [0.2, 0.25) is 0 Å². The van der Waals surface area contributed by atoms with E-state index in [-0.39, 0.29) is 0 Å². The second-order valence-electron chi connectivity index (χ2n) is 5.61. The summed E-state index contributed by atoms with van der Waals surface area (Å²) in [5.74, 6) is 0. The molecule has 0 spiro atoms. The molecule has 0 fully saturated rings. The smallest absolute Gasteiger partial charge is 0.0478 e. The van der Waals surface area contributed by atoms with Crippen LogP contribution in [0.5, 0.6) is 0 Å². The largest absolute Gasteiger partial charge is 0.346 e. The predicted molar refractivity (Wildman–Crippen MR) is 86.2 cm³/mol. The molecule has 0 aliphatic rings. The molecule has 0 bridgehead atoms. The third-order valence-corrected chi connectivity index (χ3v) is 3.98. The molecule has 2 aromatic rings. The lowest BCUT2D eigenvalue weighted by Crippen LogP contribution is -2.22. The zero-order chi connectivity index (χ0) is 14.5. The van der Waals surface area contributed by atoms with Gasteiger partial charge in [0.1, 0.15) is 0 Å². The molecule has 1 aromatic heterocycles. The predicted octanol–water partition coefficient (Wildman–Crippen LogP) is 4.21. The number of benzene rings is 1. The van der Waals surface area contributed by atoms with Crippen LogP contribution < -0.4 is 5.32 Å². The van der Waals surface area contributed by atoms with E-state index < -0.39 is 0 Å². The minimum Gasteiger partial charge on any atom is -0.346 e. The third-order valence-electron chi connectivity index (χ3n) is 3.98. The summed E-state index contributed by atoms with van der Waals surface area (Å²) in [7, 11) is 0. The summed E-state index contributed by atoms with van der Waals surface area (Å²) in [4.78, 5) is 0. The molecule has 0 aliphatic carbocycles. The van der Waals surface area contributed by atoms with Gasteiger partial charge in [-0.3, -0.25) is 0 Å². The van der Waals surface area contributed by atoms with Gasteiger partial charge in [-0.05, 0) is 62.6 Å². The number of hydrogen-bond donors (Lipinski definition) is 1. The second kappa shape index (κ2) is 6.76. The fraction of sp³-hybridized carbons (Fsp3) is 0.444. The molecule has 0 amide bonds. The molecule has 0 radical (unpaired) electrons. The molecule has 1 unspecified atom stereocenters. The Morgan fingerprint density at radius 2 is 1.80 bits per heavy atom. The summed E-state index contributed by atoms with van der Waals surface area (Å²) in [6.45, 7) is 10.9. The third kappa shape index (κ3) is 3.31. The number of nitrogens with one attached hydrogen (secondary N) is 1. The van der Waals surface area contributed by atoms with Crippen molar-refractivity contribution in [3.63, 3.8) is 0 Å². The van der Waals surface area contributed by atoms with E-state index in [4.69, 9.17) is 0 Å². The van der Waals surface area contributed by atoms with Gasteiger partial charge in [0.05, 0.1) is 0 Å². The van der Waals surface area contributed by atoms with Crippen molar-refractivity contribution in [2.24, 2.45) is 0 Å². The van der Waals surface area contributed by atoms with Gasteiger partial charge >= 0.3 is 0 Å². The zero-order valence-electron chi connectivity index (χ0n) is 13.1. The maximum atomic E-state index is 3.57. The standard InChI is InChI=1S/C18H26N2/c1-5-11-19-16(4)18-10-7-12-20(18)13-17-14(2)8-6-9-15(17)3/h6-10,12,16,19H,5,11,13H2,1-4H3. The van der Waals surface area contributed by atoms with Crippen molar-refractivity contribution in [3.8, 4) is 0 Å². The molecule has 1 heterocycles. The van der Waals surface area contributed by atoms with Gasteiger partial charge in [0.25, 0.3) is 0 Å². The molecule has 1 atom stereocenters. The van der Waals surface area contributed by atoms with Crippen molar-refractivity contribution >= 4 is 0 Å². The molecule has 0 aliphatic heterocycles. The Morgan fingerprint density at radius 3 is 2.45 bits per heavy atom. The highest BCUT2D eigenvalue weighted by molar-refractivity contribution is 5.34. The Morgan fingerprint density at radius 1 is 1.10 bits per heavy atom. The van der Waals surface area contributed by atoms with Crippen molar-refractivity contribution in [1.29, 1.82) is 0 Å². The minimum absolute atomic E-state index is 0.397. The molecule has 2 rings (SSSR count). The van der Waals surface area contributed by atoms with Gasteiger partial charge in [-0.25, -0.2) is 0 Å². The second-order valence-corrected chi connectivity index (χ2v) is 5.61. The normalized spacial score (nSPS) is 12.6. The van der Waals surface area contributed by atoms with Gasteiger partial charge in [-0.2, -0.15) is 0 Å². The first-order valence-electron chi connectivity index (χ1n) is 7.57. The Kier molecular flexibility index (Phi) is 5.02. The van der Waals surface area contributed by atoms with Gasteiger partial charge in [-0.15, -0.1) is 0 Å². The molecular formula is C18H26N2. The van der Waals surface area contributed by atoms with Crippen LogP contribution in [0.25, 0.3) is 0 Å². The molecular weight excluding hydrogens is 244 g/mol. The molecule has 0 saturated carbocycles. The van der Waals surface area contributed by atoms with Gasteiger partial charge in [-0.1, -0.05) is 25.1 Å². The fourth-order valence-electron chi connectivity index (χ4n) is 2.70. The molecule has 1 aromatic carbocycles. The SMILES string of the molecule is CCCNC(C)c1cccn1Cc1c(C)cccc1C. The summed E-state index contributed by atoms with van der Waals surface area (Å²) in [5.41, 5.74) is 5.55.